The van der Waals surface area contributed by atoms with E-state index in [9.17, 15) is 22.8 Å². The van der Waals surface area contributed by atoms with Crippen LogP contribution in [0.5, 0.6) is 0 Å². The summed E-state index contributed by atoms with van der Waals surface area (Å²) in [6, 6.07) is 2.74. The number of imide groups is 1. The van der Waals surface area contributed by atoms with E-state index in [0.717, 1.165) is 22.7 Å². The molecule has 32 heavy (non-hydrogen) atoms. The van der Waals surface area contributed by atoms with Crippen LogP contribution >= 0.6 is 11.3 Å². The lowest BCUT2D eigenvalue weighted by molar-refractivity contribution is -0.141. The van der Waals surface area contributed by atoms with E-state index in [1.165, 1.54) is 9.21 Å². The lowest BCUT2D eigenvalue weighted by atomic mass is 9.64. The average Bonchev–Trinajstić information content (AvgIpc) is 3.31. The van der Waals surface area contributed by atoms with Crippen LogP contribution in [0.4, 0.5) is 4.79 Å². The summed E-state index contributed by atoms with van der Waals surface area (Å²) < 4.78 is 27.0. The molecule has 9 nitrogen and oxygen atoms in total. The number of sulfonamides is 1. The zero-order valence-electron chi connectivity index (χ0n) is 18.7. The van der Waals surface area contributed by atoms with Crippen LogP contribution in [0.25, 0.3) is 0 Å². The highest BCUT2D eigenvalue weighted by molar-refractivity contribution is 7.91. The molecule has 0 aromatic carbocycles. The average molecular weight is 483 g/mol. The van der Waals surface area contributed by atoms with Gasteiger partial charge in [0.1, 0.15) is 16.3 Å². The Kier molecular flexibility index (Phi) is 5.87. The van der Waals surface area contributed by atoms with Gasteiger partial charge in [0.2, 0.25) is 5.91 Å². The van der Waals surface area contributed by atoms with Crippen LogP contribution in [-0.2, 0) is 19.6 Å². The Labute approximate surface area is 192 Å². The van der Waals surface area contributed by atoms with Gasteiger partial charge in [-0.2, -0.15) is 4.31 Å². The van der Waals surface area contributed by atoms with E-state index in [-0.39, 0.29) is 60.1 Å². The zero-order valence-corrected chi connectivity index (χ0v) is 20.3. The van der Waals surface area contributed by atoms with Crippen molar-refractivity contribution in [3.63, 3.8) is 0 Å². The lowest BCUT2D eigenvalue weighted by Gasteiger charge is -2.43. The van der Waals surface area contributed by atoms with Crippen LogP contribution in [0.1, 0.15) is 40.0 Å². The van der Waals surface area contributed by atoms with Gasteiger partial charge in [0.05, 0.1) is 0 Å². The Morgan fingerprint density at radius 2 is 1.88 bits per heavy atom. The second kappa shape index (κ2) is 8.11. The van der Waals surface area contributed by atoms with Gasteiger partial charge in [-0.25, -0.2) is 13.2 Å². The molecule has 1 aromatic rings. The molecule has 2 aliphatic heterocycles. The van der Waals surface area contributed by atoms with Gasteiger partial charge < -0.3 is 10.2 Å². The van der Waals surface area contributed by atoms with E-state index < -0.39 is 21.6 Å². The third-order valence-corrected chi connectivity index (χ3v) is 9.87. The summed E-state index contributed by atoms with van der Waals surface area (Å²) in [5.41, 5.74) is -1.02. The first kappa shape index (κ1) is 23.2. The fourth-order valence-electron chi connectivity index (χ4n) is 5.60. The van der Waals surface area contributed by atoms with Crippen molar-refractivity contribution in [2.75, 3.05) is 32.7 Å². The molecule has 4 amide bonds. The Hall–Kier alpha value is -1.98. The second-order valence-electron chi connectivity index (χ2n) is 9.97. The summed E-state index contributed by atoms with van der Waals surface area (Å²) in [6.07, 6.45) is 2.11. The molecular formula is C21H30N4O5S2. The molecule has 2 saturated heterocycles. The molecule has 1 aromatic heterocycles. The highest BCUT2D eigenvalue weighted by Crippen LogP contribution is 2.46. The molecule has 1 saturated carbocycles. The van der Waals surface area contributed by atoms with Crippen molar-refractivity contribution in [2.45, 2.75) is 49.8 Å². The molecule has 3 fully saturated rings. The SMILES string of the molecule is C[C@@H]1CC(C)(C)C[C@@]2(C1)NC(=O)N(CC(=O)N1CCN(S(=O)(=O)c3cccs3)CC1)C2=O. The highest BCUT2D eigenvalue weighted by atomic mass is 32.2. The number of carbonyl (C=O) groups excluding carboxylic acids is 3. The summed E-state index contributed by atoms with van der Waals surface area (Å²) >= 11 is 1.16. The van der Waals surface area contributed by atoms with Gasteiger partial charge in [0, 0.05) is 26.2 Å². The van der Waals surface area contributed by atoms with Crippen LogP contribution in [0.15, 0.2) is 21.7 Å². The van der Waals surface area contributed by atoms with Crippen LogP contribution < -0.4 is 5.32 Å². The van der Waals surface area contributed by atoms with Gasteiger partial charge in [0.15, 0.2) is 0 Å². The van der Waals surface area contributed by atoms with Crippen molar-refractivity contribution >= 4 is 39.2 Å². The number of nitrogens with one attached hydrogen (secondary N) is 1. The van der Waals surface area contributed by atoms with E-state index >= 15 is 0 Å². The third kappa shape index (κ3) is 4.17. The summed E-state index contributed by atoms with van der Waals surface area (Å²) in [6.45, 7) is 6.77. The Morgan fingerprint density at radius 3 is 2.47 bits per heavy atom. The fourth-order valence-corrected chi connectivity index (χ4v) is 8.17. The van der Waals surface area contributed by atoms with Gasteiger partial charge in [-0.3, -0.25) is 14.5 Å². The normalized spacial score (nSPS) is 28.9. The molecule has 1 aliphatic carbocycles. The van der Waals surface area contributed by atoms with E-state index in [1.807, 2.05) is 0 Å². The highest BCUT2D eigenvalue weighted by Gasteiger charge is 2.56. The standard InChI is InChI=1S/C21H30N4O5S2/c1-15-11-20(2,3)14-21(12-15)18(27)25(19(28)22-21)13-16(26)23-6-8-24(9-7-23)32(29,30)17-5-4-10-31-17/h4-5,10,15H,6-9,11-14H2,1-3H3,(H,22,28)/t15-,21-/m1/s1. The Balaban J connectivity index is 1.39. The minimum atomic E-state index is -3.56. The van der Waals surface area contributed by atoms with Gasteiger partial charge >= 0.3 is 6.03 Å². The van der Waals surface area contributed by atoms with Gasteiger partial charge in [-0.15, -0.1) is 11.3 Å². The minimum absolute atomic E-state index is 0.0784. The maximum Gasteiger partial charge on any atom is 0.325 e. The predicted octanol–water partition coefficient (Wildman–Crippen LogP) is 1.72. The van der Waals surface area contributed by atoms with E-state index in [1.54, 1.807) is 17.5 Å². The number of thiophene rings is 1. The lowest BCUT2D eigenvalue weighted by Crippen LogP contribution is -2.55. The number of rotatable bonds is 4. The van der Waals surface area contributed by atoms with Crippen molar-refractivity contribution in [1.29, 1.82) is 0 Å². The summed E-state index contributed by atoms with van der Waals surface area (Å²) in [5, 5.41) is 4.60. The van der Waals surface area contributed by atoms with E-state index in [0.29, 0.717) is 12.8 Å². The fraction of sp³-hybridized carbons (Fsp3) is 0.667. The summed E-state index contributed by atoms with van der Waals surface area (Å²) in [5.74, 6) is -0.381. The molecule has 0 unspecified atom stereocenters. The largest absolute Gasteiger partial charge is 0.338 e. The molecule has 0 bridgehead atoms. The molecule has 176 valence electrons. The topological polar surface area (TPSA) is 107 Å². The number of hydrogen-bond donors (Lipinski definition) is 1. The quantitative estimate of drug-likeness (QED) is 0.658. The summed E-state index contributed by atoms with van der Waals surface area (Å²) in [7, 11) is -3.56. The Bertz CT molecular complexity index is 1010. The second-order valence-corrected chi connectivity index (χ2v) is 13.1. The van der Waals surface area contributed by atoms with E-state index in [4.69, 9.17) is 0 Å². The third-order valence-electron chi connectivity index (χ3n) is 6.60. The number of urea groups is 1. The van der Waals surface area contributed by atoms with Crippen molar-refractivity contribution in [1.82, 2.24) is 19.4 Å². The van der Waals surface area contributed by atoms with Crippen LogP contribution in [0.3, 0.4) is 0 Å². The molecule has 11 heteroatoms. The first-order valence-corrected chi connectivity index (χ1v) is 13.2. The summed E-state index contributed by atoms with van der Waals surface area (Å²) in [4.78, 5) is 41.3. The number of carbonyl (C=O) groups is 3. The number of amides is 4. The van der Waals surface area contributed by atoms with E-state index in [2.05, 4.69) is 26.1 Å². The molecule has 4 rings (SSSR count). The molecular weight excluding hydrogens is 452 g/mol. The van der Waals surface area contributed by atoms with Gasteiger partial charge in [0.25, 0.3) is 15.9 Å². The smallest absolute Gasteiger partial charge is 0.325 e. The molecule has 1 spiro atoms. The van der Waals surface area contributed by atoms with Crippen molar-refractivity contribution in [3.05, 3.63) is 17.5 Å². The maximum absolute atomic E-state index is 13.2. The van der Waals surface area contributed by atoms with Crippen LogP contribution in [0, 0.1) is 11.3 Å². The predicted molar refractivity (Wildman–Crippen MR) is 119 cm³/mol. The first-order chi connectivity index (χ1) is 14.9. The molecule has 1 N–H and O–H groups in total. The Morgan fingerprint density at radius 1 is 1.19 bits per heavy atom. The maximum atomic E-state index is 13.2. The first-order valence-electron chi connectivity index (χ1n) is 10.9. The van der Waals surface area contributed by atoms with Crippen LogP contribution in [0.2, 0.25) is 0 Å². The number of nitrogens with zero attached hydrogens (tertiary/aromatic N) is 3. The van der Waals surface area contributed by atoms with Crippen LogP contribution in [-0.4, -0.2) is 78.6 Å². The van der Waals surface area contributed by atoms with Crippen molar-refractivity contribution in [3.8, 4) is 0 Å². The molecule has 3 aliphatic rings. The van der Waals surface area contributed by atoms with Crippen molar-refractivity contribution < 1.29 is 22.8 Å². The van der Waals surface area contributed by atoms with Gasteiger partial charge in [-0.1, -0.05) is 26.8 Å². The number of piperazine rings is 1. The van der Waals surface area contributed by atoms with Crippen molar-refractivity contribution in [2.24, 2.45) is 11.3 Å². The molecule has 3 heterocycles. The molecule has 0 radical (unpaired) electrons. The minimum Gasteiger partial charge on any atom is -0.338 e. The molecule has 2 atom stereocenters. The zero-order chi connectivity index (χ0) is 23.3. The monoisotopic (exact) mass is 482 g/mol. The van der Waals surface area contributed by atoms with Gasteiger partial charge in [-0.05, 0) is 42.0 Å². The number of hydrogen-bond acceptors (Lipinski definition) is 6.